The van der Waals surface area contributed by atoms with E-state index in [2.05, 4.69) is 26.5 Å². The molecule has 4 heterocycles. The molecule has 2 saturated heterocycles. The summed E-state index contributed by atoms with van der Waals surface area (Å²) in [6, 6.07) is 5.94. The molecule has 2 aliphatic heterocycles. The van der Waals surface area contributed by atoms with E-state index in [1.54, 1.807) is 28.9 Å². The van der Waals surface area contributed by atoms with Crippen LogP contribution in [0.2, 0.25) is 0 Å². The number of benzene rings is 1. The van der Waals surface area contributed by atoms with Crippen LogP contribution in [0.15, 0.2) is 49.4 Å². The number of hydrogen-bond donors (Lipinski definition) is 1. The highest BCUT2D eigenvalue weighted by molar-refractivity contribution is 6.01. The van der Waals surface area contributed by atoms with Crippen LogP contribution in [0.25, 0.3) is 11.1 Å². The minimum absolute atomic E-state index is 0.0207. The molecule has 11 heteroatoms. The molecular formula is C25H24FN7O3. The molecule has 2 N–H and O–H groups in total. The lowest BCUT2D eigenvalue weighted by molar-refractivity contribution is -0.137. The average Bonchev–Trinajstić information content (AvgIpc) is 3.29. The predicted octanol–water partition coefficient (Wildman–Crippen LogP) is 2.62. The van der Waals surface area contributed by atoms with Crippen molar-refractivity contribution < 1.29 is 18.7 Å². The van der Waals surface area contributed by atoms with Gasteiger partial charge in [-0.1, -0.05) is 12.6 Å². The van der Waals surface area contributed by atoms with Gasteiger partial charge in [0.1, 0.15) is 17.8 Å². The van der Waals surface area contributed by atoms with E-state index < -0.39 is 5.82 Å². The van der Waals surface area contributed by atoms with Crippen molar-refractivity contribution in [2.75, 3.05) is 31.9 Å². The molecular weight excluding hydrogens is 465 g/mol. The van der Waals surface area contributed by atoms with Crippen LogP contribution >= 0.6 is 0 Å². The molecule has 184 valence electrons. The van der Waals surface area contributed by atoms with Crippen LogP contribution in [0.5, 0.6) is 11.8 Å². The number of anilines is 1. The van der Waals surface area contributed by atoms with Crippen molar-refractivity contribution in [2.45, 2.75) is 13.3 Å². The van der Waals surface area contributed by atoms with Crippen LogP contribution in [0.4, 0.5) is 10.2 Å². The Bertz CT molecular complexity index is 1370. The number of hydrogen-bond acceptors (Lipinski definition) is 8. The molecule has 0 unspecified atom stereocenters. The number of nitrogen functional groups attached to an aromatic ring is 1. The van der Waals surface area contributed by atoms with Gasteiger partial charge in [-0.25, -0.2) is 24.3 Å². The van der Waals surface area contributed by atoms with Crippen LogP contribution in [0, 0.1) is 18.2 Å². The number of aromatic nitrogens is 4. The molecule has 0 atom stereocenters. The maximum Gasteiger partial charge on any atom is 0.322 e. The first-order valence-corrected chi connectivity index (χ1v) is 11.4. The standard InChI is InChI=1S/C25H24FN7O3/c1-3-19(34)33-12-25(13-33)7-9-32(11-25)23(35)21-20(22(27)30-14-29-21)16-4-5-18(17(26)10-16)36-24-28-8-6-15(2)31-24/h3-6,8,10,14H,1,7,9,11-13H2,2H3,(H2,27,29,30). The molecule has 0 radical (unpaired) electrons. The van der Waals surface area contributed by atoms with Gasteiger partial charge in [-0.3, -0.25) is 9.59 Å². The lowest BCUT2D eigenvalue weighted by Gasteiger charge is -2.47. The summed E-state index contributed by atoms with van der Waals surface area (Å²) >= 11 is 0. The zero-order valence-corrected chi connectivity index (χ0v) is 19.6. The number of carbonyl (C=O) groups excluding carboxylic acids is 2. The van der Waals surface area contributed by atoms with Crippen molar-refractivity contribution in [1.82, 2.24) is 29.7 Å². The summed E-state index contributed by atoms with van der Waals surface area (Å²) < 4.78 is 20.5. The minimum Gasteiger partial charge on any atom is -0.421 e. The molecule has 5 rings (SSSR count). The number of nitrogens with two attached hydrogens (primary N) is 1. The van der Waals surface area contributed by atoms with E-state index in [0.717, 1.165) is 6.42 Å². The first kappa shape index (κ1) is 23.3. The van der Waals surface area contributed by atoms with E-state index >= 15 is 0 Å². The van der Waals surface area contributed by atoms with Crippen LogP contribution in [0.1, 0.15) is 22.6 Å². The van der Waals surface area contributed by atoms with E-state index in [1.807, 2.05) is 0 Å². The third-order valence-electron chi connectivity index (χ3n) is 6.54. The van der Waals surface area contributed by atoms with Crippen LogP contribution < -0.4 is 10.5 Å². The van der Waals surface area contributed by atoms with Crippen LogP contribution in [-0.4, -0.2) is 67.7 Å². The largest absolute Gasteiger partial charge is 0.421 e. The highest BCUT2D eigenvalue weighted by Crippen LogP contribution is 2.41. The fourth-order valence-electron chi connectivity index (χ4n) is 4.72. The Kier molecular flexibility index (Phi) is 5.83. The Balaban J connectivity index is 1.38. The first-order valence-electron chi connectivity index (χ1n) is 11.4. The molecule has 2 aromatic heterocycles. The average molecular weight is 490 g/mol. The highest BCUT2D eigenvalue weighted by atomic mass is 19.1. The smallest absolute Gasteiger partial charge is 0.322 e. The molecule has 0 aliphatic carbocycles. The number of nitrogens with zero attached hydrogens (tertiary/aromatic N) is 6. The van der Waals surface area contributed by atoms with Gasteiger partial charge in [0.2, 0.25) is 5.91 Å². The zero-order valence-electron chi connectivity index (χ0n) is 19.6. The monoisotopic (exact) mass is 489 g/mol. The van der Waals surface area contributed by atoms with Crippen molar-refractivity contribution in [3.63, 3.8) is 0 Å². The quantitative estimate of drug-likeness (QED) is 0.542. The van der Waals surface area contributed by atoms with Crippen molar-refractivity contribution in [3.05, 3.63) is 66.6 Å². The first-order chi connectivity index (χ1) is 17.3. The molecule has 2 aliphatic rings. The minimum atomic E-state index is -0.680. The van der Waals surface area contributed by atoms with Gasteiger partial charge in [-0.15, -0.1) is 0 Å². The van der Waals surface area contributed by atoms with Gasteiger partial charge in [-0.2, -0.15) is 0 Å². The molecule has 2 amide bonds. The summed E-state index contributed by atoms with van der Waals surface area (Å²) in [5.41, 5.74) is 7.36. The van der Waals surface area contributed by atoms with Crippen molar-refractivity contribution in [1.29, 1.82) is 0 Å². The third-order valence-corrected chi connectivity index (χ3v) is 6.54. The summed E-state index contributed by atoms with van der Waals surface area (Å²) in [7, 11) is 0. The molecule has 0 bridgehead atoms. The molecule has 36 heavy (non-hydrogen) atoms. The second kappa shape index (κ2) is 8.99. The van der Waals surface area contributed by atoms with E-state index in [4.69, 9.17) is 10.5 Å². The summed E-state index contributed by atoms with van der Waals surface area (Å²) in [5.74, 6) is -1.12. The van der Waals surface area contributed by atoms with E-state index in [-0.39, 0.29) is 46.1 Å². The molecule has 0 saturated carbocycles. The second-order valence-electron chi connectivity index (χ2n) is 9.09. The predicted molar refractivity (Wildman–Crippen MR) is 128 cm³/mol. The molecule has 1 aromatic carbocycles. The van der Waals surface area contributed by atoms with Gasteiger partial charge in [0, 0.05) is 43.5 Å². The van der Waals surface area contributed by atoms with Gasteiger partial charge in [0.05, 0.1) is 5.56 Å². The normalized spacial score (nSPS) is 16.1. The molecule has 1 spiro atoms. The lowest BCUT2D eigenvalue weighted by Crippen LogP contribution is -2.59. The molecule has 10 nitrogen and oxygen atoms in total. The maximum atomic E-state index is 15.0. The molecule has 2 fully saturated rings. The number of carbonyl (C=O) groups is 2. The molecule has 3 aromatic rings. The van der Waals surface area contributed by atoms with Gasteiger partial charge in [-0.05, 0) is 43.2 Å². The van der Waals surface area contributed by atoms with Crippen molar-refractivity contribution in [2.24, 2.45) is 5.41 Å². The SMILES string of the molecule is C=CC(=O)N1CC2(CCN(C(=O)c3ncnc(N)c3-c3ccc(Oc4nccc(C)n4)c(F)c3)C2)C1. The number of aryl methyl sites for hydroxylation is 1. The van der Waals surface area contributed by atoms with E-state index in [9.17, 15) is 14.0 Å². The lowest BCUT2D eigenvalue weighted by atomic mass is 9.79. The maximum absolute atomic E-state index is 15.0. The summed E-state index contributed by atoms with van der Waals surface area (Å²) in [6.07, 6.45) is 4.81. The van der Waals surface area contributed by atoms with E-state index in [1.165, 1.54) is 30.7 Å². The van der Waals surface area contributed by atoms with Crippen LogP contribution in [-0.2, 0) is 4.79 Å². The highest BCUT2D eigenvalue weighted by Gasteiger charge is 2.50. The van der Waals surface area contributed by atoms with E-state index in [0.29, 0.717) is 37.4 Å². The Hall–Kier alpha value is -4.41. The Morgan fingerprint density at radius 1 is 1.17 bits per heavy atom. The van der Waals surface area contributed by atoms with Crippen molar-refractivity contribution in [3.8, 4) is 22.9 Å². The number of likely N-dealkylation sites (tertiary alicyclic amines) is 2. The summed E-state index contributed by atoms with van der Waals surface area (Å²) in [6.45, 7) is 7.47. The zero-order chi connectivity index (χ0) is 25.4. The van der Waals surface area contributed by atoms with Gasteiger partial charge >= 0.3 is 6.01 Å². The Morgan fingerprint density at radius 3 is 2.67 bits per heavy atom. The summed E-state index contributed by atoms with van der Waals surface area (Å²) in [5, 5.41) is 0. The van der Waals surface area contributed by atoms with Crippen LogP contribution in [0.3, 0.4) is 0 Å². The van der Waals surface area contributed by atoms with Gasteiger partial charge in [0.25, 0.3) is 5.91 Å². The third kappa shape index (κ3) is 4.23. The van der Waals surface area contributed by atoms with Gasteiger partial charge < -0.3 is 20.3 Å². The van der Waals surface area contributed by atoms with Crippen molar-refractivity contribution >= 4 is 17.6 Å². The Labute approximate surface area is 206 Å². The number of amides is 2. The fourth-order valence-corrected chi connectivity index (χ4v) is 4.72. The second-order valence-corrected chi connectivity index (χ2v) is 9.09. The number of ether oxygens (including phenoxy) is 1. The fraction of sp³-hybridized carbons (Fsp3) is 0.280. The summed E-state index contributed by atoms with van der Waals surface area (Å²) in [4.78, 5) is 45.0. The number of halogens is 1. The Morgan fingerprint density at radius 2 is 1.94 bits per heavy atom. The number of rotatable bonds is 5. The van der Waals surface area contributed by atoms with Gasteiger partial charge in [0.15, 0.2) is 11.6 Å². The topological polar surface area (TPSA) is 127 Å².